The van der Waals surface area contributed by atoms with Gasteiger partial charge in [-0.3, -0.25) is 0 Å². The molecule has 3 atom stereocenters. The van der Waals surface area contributed by atoms with Gasteiger partial charge < -0.3 is 5.32 Å². The normalized spacial score (nSPS) is 32.7. The second kappa shape index (κ2) is 6.75. The van der Waals surface area contributed by atoms with Crippen LogP contribution in [-0.4, -0.2) is 12.6 Å². The molecule has 0 aromatic rings. The molecule has 2 rings (SSSR count). The molecule has 0 spiro atoms. The summed E-state index contributed by atoms with van der Waals surface area (Å²) >= 11 is 0. The molecule has 0 radical (unpaired) electrons. The molecule has 1 N–H and O–H groups in total. The smallest absolute Gasteiger partial charge is 0.00683 e. The minimum atomic E-state index is 0.868. The summed E-state index contributed by atoms with van der Waals surface area (Å²) in [4.78, 5) is 0. The van der Waals surface area contributed by atoms with E-state index in [1.165, 1.54) is 51.5 Å². The molecule has 2 aliphatic carbocycles. The Hall–Kier alpha value is -0.300. The molecule has 18 heavy (non-hydrogen) atoms. The van der Waals surface area contributed by atoms with Crippen molar-refractivity contribution in [3.05, 3.63) is 12.7 Å². The third-order valence-electron chi connectivity index (χ3n) is 5.11. The molecule has 1 heteroatoms. The zero-order valence-corrected chi connectivity index (χ0v) is 12.3. The van der Waals surface area contributed by atoms with Crippen LogP contribution in [0.15, 0.2) is 12.7 Å². The van der Waals surface area contributed by atoms with Crippen LogP contribution in [0.5, 0.6) is 0 Å². The van der Waals surface area contributed by atoms with Gasteiger partial charge in [-0.15, -0.1) is 6.58 Å². The van der Waals surface area contributed by atoms with Crippen LogP contribution in [0.2, 0.25) is 0 Å². The molecular formula is C17H31N. The van der Waals surface area contributed by atoms with Crippen molar-refractivity contribution in [1.29, 1.82) is 0 Å². The maximum Gasteiger partial charge on any atom is 0.00683 e. The van der Waals surface area contributed by atoms with E-state index in [0.717, 1.165) is 29.7 Å². The maximum atomic E-state index is 3.89. The molecule has 0 amide bonds. The van der Waals surface area contributed by atoms with Crippen LogP contribution in [0.25, 0.3) is 0 Å². The quantitative estimate of drug-likeness (QED) is 0.660. The zero-order valence-electron chi connectivity index (χ0n) is 12.3. The highest BCUT2D eigenvalue weighted by Crippen LogP contribution is 2.39. The van der Waals surface area contributed by atoms with Gasteiger partial charge in [0.1, 0.15) is 0 Å². The number of nitrogens with one attached hydrogen (secondary N) is 1. The highest BCUT2D eigenvalue weighted by molar-refractivity contribution is 4.87. The molecular weight excluding hydrogens is 218 g/mol. The monoisotopic (exact) mass is 249 g/mol. The van der Waals surface area contributed by atoms with Crippen molar-refractivity contribution >= 4 is 0 Å². The Kier molecular flexibility index (Phi) is 5.29. The first-order valence-corrected chi connectivity index (χ1v) is 8.05. The summed E-state index contributed by atoms with van der Waals surface area (Å²) < 4.78 is 0. The van der Waals surface area contributed by atoms with Gasteiger partial charge in [-0.05, 0) is 75.2 Å². The molecule has 2 saturated carbocycles. The average molecular weight is 249 g/mol. The summed E-state index contributed by atoms with van der Waals surface area (Å²) in [6.45, 7) is 9.97. The van der Waals surface area contributed by atoms with Gasteiger partial charge in [0.25, 0.3) is 0 Å². The molecule has 0 aromatic carbocycles. The van der Waals surface area contributed by atoms with Crippen molar-refractivity contribution in [2.24, 2.45) is 23.7 Å². The summed E-state index contributed by atoms with van der Waals surface area (Å²) in [5.41, 5.74) is 0. The van der Waals surface area contributed by atoms with Crippen molar-refractivity contribution in [1.82, 2.24) is 5.32 Å². The fraction of sp³-hybridized carbons (Fsp3) is 0.882. The SMILES string of the molecule is C=CCCC1CC(C(C)C)CCC1CNC1CC1. The lowest BCUT2D eigenvalue weighted by Crippen LogP contribution is -2.35. The molecule has 0 aromatic heterocycles. The Balaban J connectivity index is 1.83. The molecule has 0 bridgehead atoms. The van der Waals surface area contributed by atoms with E-state index >= 15 is 0 Å². The maximum absolute atomic E-state index is 3.89. The van der Waals surface area contributed by atoms with Crippen LogP contribution < -0.4 is 5.32 Å². The zero-order chi connectivity index (χ0) is 13.0. The first-order valence-electron chi connectivity index (χ1n) is 8.05. The third-order valence-corrected chi connectivity index (χ3v) is 5.11. The van der Waals surface area contributed by atoms with Gasteiger partial charge in [0.2, 0.25) is 0 Å². The minimum Gasteiger partial charge on any atom is -0.314 e. The Morgan fingerprint density at radius 3 is 2.56 bits per heavy atom. The van der Waals surface area contributed by atoms with Crippen molar-refractivity contribution in [3.63, 3.8) is 0 Å². The Labute approximate surface area is 113 Å². The fourth-order valence-corrected chi connectivity index (χ4v) is 3.53. The van der Waals surface area contributed by atoms with E-state index in [4.69, 9.17) is 0 Å². The highest BCUT2D eigenvalue weighted by Gasteiger charge is 2.32. The van der Waals surface area contributed by atoms with E-state index in [-0.39, 0.29) is 0 Å². The lowest BCUT2D eigenvalue weighted by molar-refractivity contribution is 0.138. The van der Waals surface area contributed by atoms with E-state index in [2.05, 4.69) is 31.8 Å². The first-order chi connectivity index (χ1) is 8.70. The van der Waals surface area contributed by atoms with Gasteiger partial charge in [0.05, 0.1) is 0 Å². The number of rotatable bonds is 7. The molecule has 3 unspecified atom stereocenters. The Morgan fingerprint density at radius 1 is 1.17 bits per heavy atom. The van der Waals surface area contributed by atoms with E-state index in [1.807, 2.05) is 0 Å². The third kappa shape index (κ3) is 4.12. The van der Waals surface area contributed by atoms with Crippen LogP contribution in [0.1, 0.15) is 58.8 Å². The van der Waals surface area contributed by atoms with Gasteiger partial charge in [-0.1, -0.05) is 19.9 Å². The molecule has 104 valence electrons. The highest BCUT2D eigenvalue weighted by atomic mass is 14.9. The lowest BCUT2D eigenvalue weighted by Gasteiger charge is -2.38. The topological polar surface area (TPSA) is 12.0 Å². The van der Waals surface area contributed by atoms with Crippen molar-refractivity contribution in [2.45, 2.75) is 64.8 Å². The largest absolute Gasteiger partial charge is 0.314 e. The molecule has 2 fully saturated rings. The molecule has 0 saturated heterocycles. The Morgan fingerprint density at radius 2 is 1.94 bits per heavy atom. The number of hydrogen-bond acceptors (Lipinski definition) is 1. The van der Waals surface area contributed by atoms with E-state index < -0.39 is 0 Å². The predicted octanol–water partition coefficient (Wildman–Crippen LogP) is 4.39. The van der Waals surface area contributed by atoms with Crippen LogP contribution in [0, 0.1) is 23.7 Å². The molecule has 0 heterocycles. The second-order valence-corrected chi connectivity index (χ2v) is 6.89. The minimum absolute atomic E-state index is 0.868. The lowest BCUT2D eigenvalue weighted by atomic mass is 9.69. The number of hydrogen-bond donors (Lipinski definition) is 1. The molecule has 0 aliphatic heterocycles. The van der Waals surface area contributed by atoms with Crippen LogP contribution in [-0.2, 0) is 0 Å². The summed E-state index contributed by atoms with van der Waals surface area (Å²) in [7, 11) is 0. The summed E-state index contributed by atoms with van der Waals surface area (Å²) in [5, 5.41) is 3.75. The van der Waals surface area contributed by atoms with Gasteiger partial charge >= 0.3 is 0 Å². The fourth-order valence-electron chi connectivity index (χ4n) is 3.53. The average Bonchev–Trinajstić information content (AvgIpc) is 3.18. The van der Waals surface area contributed by atoms with Crippen molar-refractivity contribution in [2.75, 3.05) is 6.54 Å². The summed E-state index contributed by atoms with van der Waals surface area (Å²) in [6, 6.07) is 0.868. The van der Waals surface area contributed by atoms with Gasteiger partial charge in [0, 0.05) is 6.04 Å². The molecule has 1 nitrogen and oxygen atoms in total. The van der Waals surface area contributed by atoms with Crippen molar-refractivity contribution < 1.29 is 0 Å². The Bertz CT molecular complexity index is 254. The predicted molar refractivity (Wildman–Crippen MR) is 79.6 cm³/mol. The first kappa shape index (κ1) is 14.1. The van der Waals surface area contributed by atoms with Crippen LogP contribution >= 0.6 is 0 Å². The standard InChI is InChI=1S/C17H31N/c1-4-5-6-15-11-14(13(2)3)7-8-16(15)12-18-17-9-10-17/h4,13-18H,1,5-12H2,2-3H3. The van der Waals surface area contributed by atoms with Crippen molar-refractivity contribution in [3.8, 4) is 0 Å². The summed E-state index contributed by atoms with van der Waals surface area (Å²) in [6.07, 6.45) is 11.9. The second-order valence-electron chi connectivity index (χ2n) is 6.89. The van der Waals surface area contributed by atoms with Crippen LogP contribution in [0.4, 0.5) is 0 Å². The molecule has 2 aliphatic rings. The van der Waals surface area contributed by atoms with Gasteiger partial charge in [-0.2, -0.15) is 0 Å². The van der Waals surface area contributed by atoms with Gasteiger partial charge in [-0.25, -0.2) is 0 Å². The van der Waals surface area contributed by atoms with E-state index in [0.29, 0.717) is 0 Å². The van der Waals surface area contributed by atoms with E-state index in [9.17, 15) is 0 Å². The summed E-state index contributed by atoms with van der Waals surface area (Å²) in [5.74, 6) is 3.71. The number of allylic oxidation sites excluding steroid dienone is 1. The van der Waals surface area contributed by atoms with Crippen LogP contribution in [0.3, 0.4) is 0 Å². The van der Waals surface area contributed by atoms with E-state index in [1.54, 1.807) is 0 Å². The van der Waals surface area contributed by atoms with Gasteiger partial charge in [0.15, 0.2) is 0 Å².